The third-order valence-corrected chi connectivity index (χ3v) is 5.53. The number of carbonyl (C=O) groups is 1. The molecule has 0 aliphatic heterocycles. The molecular formula is C19H19ClN2O4S. The second-order valence-corrected chi connectivity index (χ2v) is 6.99. The molecule has 0 aliphatic carbocycles. The molecule has 1 aromatic heterocycles. The summed E-state index contributed by atoms with van der Waals surface area (Å²) in [7, 11) is 4.77. The molecule has 1 heterocycles. The van der Waals surface area contributed by atoms with Crippen molar-refractivity contribution in [2.45, 2.75) is 6.54 Å². The monoisotopic (exact) mass is 406 g/mol. The molecule has 0 atom stereocenters. The van der Waals surface area contributed by atoms with Crippen molar-refractivity contribution in [2.75, 3.05) is 27.9 Å². The van der Waals surface area contributed by atoms with Crippen LogP contribution < -0.4 is 14.3 Å². The summed E-state index contributed by atoms with van der Waals surface area (Å²) in [6.07, 6.45) is 0. The van der Waals surface area contributed by atoms with E-state index < -0.39 is 0 Å². The van der Waals surface area contributed by atoms with E-state index in [2.05, 4.69) is 4.99 Å². The molecule has 2 aromatic carbocycles. The second-order valence-electron chi connectivity index (χ2n) is 5.61. The zero-order chi connectivity index (χ0) is 19.4. The van der Waals surface area contributed by atoms with Crippen molar-refractivity contribution in [1.82, 2.24) is 4.57 Å². The Balaban J connectivity index is 2.18. The third-order valence-electron chi connectivity index (χ3n) is 3.99. The molecular weight excluding hydrogens is 388 g/mol. The molecule has 27 heavy (non-hydrogen) atoms. The van der Waals surface area contributed by atoms with Gasteiger partial charge in [0.15, 0.2) is 4.80 Å². The van der Waals surface area contributed by atoms with Gasteiger partial charge in [0.05, 0.1) is 30.5 Å². The number of ether oxygens (including phenoxy) is 3. The van der Waals surface area contributed by atoms with Gasteiger partial charge in [-0.15, -0.1) is 0 Å². The zero-order valence-corrected chi connectivity index (χ0v) is 16.8. The second kappa shape index (κ2) is 8.56. The number of fused-ring (bicyclic) bond motifs is 1. The van der Waals surface area contributed by atoms with Gasteiger partial charge >= 0.3 is 0 Å². The Labute approximate surface area is 165 Å². The van der Waals surface area contributed by atoms with Crippen molar-refractivity contribution in [1.29, 1.82) is 0 Å². The van der Waals surface area contributed by atoms with Crippen LogP contribution in [0.4, 0.5) is 0 Å². The van der Waals surface area contributed by atoms with Gasteiger partial charge in [-0.1, -0.05) is 29.0 Å². The van der Waals surface area contributed by atoms with E-state index in [-0.39, 0.29) is 5.91 Å². The summed E-state index contributed by atoms with van der Waals surface area (Å²) in [5.41, 5.74) is 1.24. The Morgan fingerprint density at radius 2 is 2.00 bits per heavy atom. The number of hydrogen-bond donors (Lipinski definition) is 0. The van der Waals surface area contributed by atoms with Gasteiger partial charge in [0.1, 0.15) is 17.0 Å². The minimum atomic E-state index is -0.360. The number of nitrogens with zero attached hydrogens (tertiary/aromatic N) is 2. The minimum absolute atomic E-state index is 0.360. The van der Waals surface area contributed by atoms with Crippen LogP contribution in [0.25, 0.3) is 10.2 Å². The third kappa shape index (κ3) is 4.00. The molecule has 3 aromatic rings. The van der Waals surface area contributed by atoms with E-state index in [0.29, 0.717) is 40.0 Å². The number of rotatable bonds is 6. The zero-order valence-electron chi connectivity index (χ0n) is 15.2. The Kier molecular flexibility index (Phi) is 6.15. The highest BCUT2D eigenvalue weighted by Crippen LogP contribution is 2.33. The molecule has 8 heteroatoms. The fourth-order valence-electron chi connectivity index (χ4n) is 2.67. The maximum absolute atomic E-state index is 12.7. The van der Waals surface area contributed by atoms with Crippen LogP contribution in [0.2, 0.25) is 5.02 Å². The highest BCUT2D eigenvalue weighted by Gasteiger charge is 2.15. The molecule has 6 nitrogen and oxygen atoms in total. The lowest BCUT2D eigenvalue weighted by molar-refractivity contribution is 0.0997. The average Bonchev–Trinajstić information content (AvgIpc) is 3.05. The summed E-state index contributed by atoms with van der Waals surface area (Å²) < 4.78 is 18.6. The lowest BCUT2D eigenvalue weighted by Gasteiger charge is -2.08. The number of methoxy groups -OCH3 is 3. The number of aromatic nitrogens is 1. The highest BCUT2D eigenvalue weighted by molar-refractivity contribution is 7.17. The van der Waals surface area contributed by atoms with E-state index in [4.69, 9.17) is 25.8 Å². The van der Waals surface area contributed by atoms with E-state index in [1.54, 1.807) is 57.7 Å². The Morgan fingerprint density at radius 1 is 1.19 bits per heavy atom. The molecule has 3 rings (SSSR count). The standard InChI is InChI=1S/C19H19ClN2O4S/c1-24-10-9-22-16-15(26-3)8-7-14(20)17(16)27-19(22)21-18(23)12-5-4-6-13(11-12)25-2/h4-8,11H,9-10H2,1-3H3. The molecule has 0 radical (unpaired) electrons. The number of halogens is 1. The first-order valence-corrected chi connectivity index (χ1v) is 9.36. The van der Waals surface area contributed by atoms with E-state index in [1.165, 1.54) is 11.3 Å². The van der Waals surface area contributed by atoms with E-state index >= 15 is 0 Å². The van der Waals surface area contributed by atoms with Crippen LogP contribution in [0.1, 0.15) is 10.4 Å². The molecule has 1 amide bonds. The quantitative estimate of drug-likeness (QED) is 0.625. The van der Waals surface area contributed by atoms with Crippen molar-refractivity contribution in [3.05, 3.63) is 51.8 Å². The first kappa shape index (κ1) is 19.4. The summed E-state index contributed by atoms with van der Waals surface area (Å²) >= 11 is 7.71. The predicted molar refractivity (Wildman–Crippen MR) is 106 cm³/mol. The van der Waals surface area contributed by atoms with Crippen molar-refractivity contribution in [2.24, 2.45) is 4.99 Å². The Bertz CT molecular complexity index is 1040. The maximum atomic E-state index is 12.7. The van der Waals surface area contributed by atoms with Gasteiger partial charge in [-0.3, -0.25) is 4.79 Å². The molecule has 0 N–H and O–H groups in total. The molecule has 0 saturated carbocycles. The largest absolute Gasteiger partial charge is 0.497 e. The number of carbonyl (C=O) groups excluding carboxylic acids is 1. The topological polar surface area (TPSA) is 62.1 Å². The van der Waals surface area contributed by atoms with E-state index in [9.17, 15) is 4.79 Å². The van der Waals surface area contributed by atoms with Gasteiger partial charge in [-0.05, 0) is 30.3 Å². The number of thiazole rings is 1. The van der Waals surface area contributed by atoms with Gasteiger partial charge in [0.25, 0.3) is 5.91 Å². The predicted octanol–water partition coefficient (Wildman–Crippen LogP) is 3.76. The lowest BCUT2D eigenvalue weighted by atomic mass is 10.2. The lowest BCUT2D eigenvalue weighted by Crippen LogP contribution is -2.19. The van der Waals surface area contributed by atoms with Gasteiger partial charge < -0.3 is 18.8 Å². The summed E-state index contributed by atoms with van der Waals surface area (Å²) in [5, 5.41) is 0.581. The van der Waals surface area contributed by atoms with Gasteiger partial charge in [-0.25, -0.2) is 0 Å². The van der Waals surface area contributed by atoms with Crippen molar-refractivity contribution < 1.29 is 19.0 Å². The van der Waals surface area contributed by atoms with Gasteiger partial charge in [-0.2, -0.15) is 4.99 Å². The fraction of sp³-hybridized carbons (Fsp3) is 0.263. The molecule has 0 fully saturated rings. The first-order valence-electron chi connectivity index (χ1n) is 8.17. The molecule has 0 unspecified atom stereocenters. The SMILES string of the molecule is COCCn1c(=NC(=O)c2cccc(OC)c2)sc2c(Cl)ccc(OC)c21. The van der Waals surface area contributed by atoms with Crippen LogP contribution in [0.5, 0.6) is 11.5 Å². The number of hydrogen-bond acceptors (Lipinski definition) is 5. The normalized spacial score (nSPS) is 11.8. The van der Waals surface area contributed by atoms with Crippen LogP contribution in [-0.2, 0) is 11.3 Å². The summed E-state index contributed by atoms with van der Waals surface area (Å²) in [4.78, 5) is 17.6. The van der Waals surface area contributed by atoms with Crippen LogP contribution in [0.3, 0.4) is 0 Å². The Hall–Kier alpha value is -2.35. The average molecular weight is 407 g/mol. The fourth-order valence-corrected chi connectivity index (χ4v) is 4.01. The minimum Gasteiger partial charge on any atom is -0.497 e. The number of benzene rings is 2. The maximum Gasteiger partial charge on any atom is 0.279 e. The smallest absolute Gasteiger partial charge is 0.279 e. The molecule has 142 valence electrons. The van der Waals surface area contributed by atoms with Crippen molar-refractivity contribution >= 4 is 39.1 Å². The van der Waals surface area contributed by atoms with Gasteiger partial charge in [0, 0.05) is 19.2 Å². The number of amides is 1. The molecule has 0 spiro atoms. The van der Waals surface area contributed by atoms with Crippen LogP contribution >= 0.6 is 22.9 Å². The van der Waals surface area contributed by atoms with Crippen molar-refractivity contribution in [3.63, 3.8) is 0 Å². The van der Waals surface area contributed by atoms with Crippen LogP contribution in [0, 0.1) is 0 Å². The Morgan fingerprint density at radius 3 is 2.70 bits per heavy atom. The van der Waals surface area contributed by atoms with E-state index in [0.717, 1.165) is 10.2 Å². The van der Waals surface area contributed by atoms with Crippen LogP contribution in [-0.4, -0.2) is 38.4 Å². The molecule has 0 saturated heterocycles. The molecule has 0 bridgehead atoms. The summed E-state index contributed by atoms with van der Waals surface area (Å²) in [6.45, 7) is 0.972. The van der Waals surface area contributed by atoms with E-state index in [1.807, 2.05) is 4.57 Å². The first-order chi connectivity index (χ1) is 13.1. The van der Waals surface area contributed by atoms with Gasteiger partial charge in [0.2, 0.25) is 0 Å². The highest BCUT2D eigenvalue weighted by atomic mass is 35.5. The summed E-state index contributed by atoms with van der Waals surface area (Å²) in [6, 6.07) is 10.5. The van der Waals surface area contributed by atoms with Crippen LogP contribution in [0.15, 0.2) is 41.4 Å². The van der Waals surface area contributed by atoms with Crippen molar-refractivity contribution in [3.8, 4) is 11.5 Å². The summed E-state index contributed by atoms with van der Waals surface area (Å²) in [5.74, 6) is 0.906. The molecule has 0 aliphatic rings.